The zero-order valence-corrected chi connectivity index (χ0v) is 10.4. The molecule has 0 saturated carbocycles. The highest BCUT2D eigenvalue weighted by molar-refractivity contribution is 7.93. The predicted octanol–water partition coefficient (Wildman–Crippen LogP) is 2.46. The van der Waals surface area contributed by atoms with Crippen LogP contribution in [0.3, 0.4) is 0 Å². The van der Waals surface area contributed by atoms with E-state index < -0.39 is 15.3 Å². The Morgan fingerprint density at radius 1 is 1.53 bits per heavy atom. The Labute approximate surface area is 94.3 Å². The second kappa shape index (κ2) is 4.33. The summed E-state index contributed by atoms with van der Waals surface area (Å²) in [5.41, 5.74) is -0.579. The Morgan fingerprint density at radius 2 is 2.20 bits per heavy atom. The van der Waals surface area contributed by atoms with E-state index in [-0.39, 0.29) is 5.75 Å². The van der Waals surface area contributed by atoms with Gasteiger partial charge in [-0.25, -0.2) is 8.42 Å². The van der Waals surface area contributed by atoms with Crippen LogP contribution in [-0.2, 0) is 9.84 Å². The first-order valence-electron chi connectivity index (χ1n) is 4.55. The summed E-state index contributed by atoms with van der Waals surface area (Å²) < 4.78 is 23.9. The van der Waals surface area contributed by atoms with Crippen molar-refractivity contribution in [2.45, 2.75) is 24.5 Å². The fourth-order valence-electron chi connectivity index (χ4n) is 0.986. The molecule has 0 aliphatic carbocycles. The van der Waals surface area contributed by atoms with Crippen LogP contribution in [0.25, 0.3) is 0 Å². The van der Waals surface area contributed by atoms with Gasteiger partial charge in [-0.1, -0.05) is 6.07 Å². The molecule has 0 spiro atoms. The monoisotopic (exact) mass is 243 g/mol. The van der Waals surface area contributed by atoms with Gasteiger partial charge in [0, 0.05) is 0 Å². The van der Waals surface area contributed by atoms with Gasteiger partial charge in [-0.3, -0.25) is 0 Å². The first-order chi connectivity index (χ1) is 6.87. The summed E-state index contributed by atoms with van der Waals surface area (Å²) >= 11 is 1.22. The third-order valence-corrected chi connectivity index (χ3v) is 5.30. The molecule has 0 N–H and O–H groups in total. The van der Waals surface area contributed by atoms with Crippen molar-refractivity contribution in [1.82, 2.24) is 0 Å². The molecule has 1 rings (SSSR count). The van der Waals surface area contributed by atoms with Crippen LogP contribution >= 0.6 is 11.3 Å². The molecule has 1 aromatic heterocycles. The van der Waals surface area contributed by atoms with Gasteiger partial charge in [0.15, 0.2) is 9.84 Å². The summed E-state index contributed by atoms with van der Waals surface area (Å²) in [5, 5.41) is 10.5. The van der Waals surface area contributed by atoms with E-state index in [0.717, 1.165) is 0 Å². The number of nitriles is 1. The molecule has 82 valence electrons. The molecular weight excluding hydrogens is 230 g/mol. The highest BCUT2D eigenvalue weighted by atomic mass is 32.2. The molecule has 5 heteroatoms. The van der Waals surface area contributed by atoms with Crippen molar-refractivity contribution >= 4 is 21.2 Å². The van der Waals surface area contributed by atoms with Gasteiger partial charge < -0.3 is 0 Å². The molecule has 0 bridgehead atoms. The predicted molar refractivity (Wildman–Crippen MR) is 60.4 cm³/mol. The lowest BCUT2D eigenvalue weighted by Gasteiger charge is -2.13. The van der Waals surface area contributed by atoms with Gasteiger partial charge in [-0.2, -0.15) is 5.26 Å². The molecule has 0 fully saturated rings. The number of hydrogen-bond acceptors (Lipinski definition) is 4. The topological polar surface area (TPSA) is 57.9 Å². The minimum absolute atomic E-state index is 0.0358. The number of hydrogen-bond donors (Lipinski definition) is 0. The molecule has 0 atom stereocenters. The van der Waals surface area contributed by atoms with E-state index in [2.05, 4.69) is 6.07 Å². The van der Waals surface area contributed by atoms with Crippen LogP contribution in [0.15, 0.2) is 21.7 Å². The van der Waals surface area contributed by atoms with Gasteiger partial charge in [0.1, 0.15) is 4.21 Å². The Hall–Kier alpha value is -0.860. The van der Waals surface area contributed by atoms with E-state index in [1.165, 1.54) is 11.3 Å². The molecule has 1 heterocycles. The summed E-state index contributed by atoms with van der Waals surface area (Å²) in [6, 6.07) is 5.41. The van der Waals surface area contributed by atoms with E-state index in [9.17, 15) is 8.42 Å². The van der Waals surface area contributed by atoms with E-state index in [0.29, 0.717) is 10.6 Å². The van der Waals surface area contributed by atoms with Crippen LogP contribution < -0.4 is 0 Å². The highest BCUT2D eigenvalue weighted by Crippen LogP contribution is 2.24. The number of rotatable bonds is 4. The average molecular weight is 243 g/mol. The largest absolute Gasteiger partial charge is 0.223 e. The second-order valence-electron chi connectivity index (χ2n) is 4.00. The van der Waals surface area contributed by atoms with Crippen molar-refractivity contribution in [2.75, 3.05) is 5.75 Å². The summed E-state index contributed by atoms with van der Waals surface area (Å²) in [7, 11) is -3.19. The van der Waals surface area contributed by atoms with Gasteiger partial charge in [-0.05, 0) is 31.7 Å². The van der Waals surface area contributed by atoms with Crippen molar-refractivity contribution in [3.63, 3.8) is 0 Å². The lowest BCUT2D eigenvalue weighted by Crippen LogP contribution is -2.15. The minimum atomic E-state index is -3.19. The minimum Gasteiger partial charge on any atom is -0.223 e. The van der Waals surface area contributed by atoms with Crippen molar-refractivity contribution in [3.05, 3.63) is 17.5 Å². The highest BCUT2D eigenvalue weighted by Gasteiger charge is 2.23. The van der Waals surface area contributed by atoms with Crippen molar-refractivity contribution in [3.8, 4) is 6.07 Å². The van der Waals surface area contributed by atoms with Crippen molar-refractivity contribution < 1.29 is 8.42 Å². The molecular formula is C10H13NO2S2. The summed E-state index contributed by atoms with van der Waals surface area (Å²) in [6.07, 6.45) is 0.365. The summed E-state index contributed by atoms with van der Waals surface area (Å²) in [4.78, 5) is 0. The molecule has 0 aliphatic rings. The summed E-state index contributed by atoms with van der Waals surface area (Å²) in [5.74, 6) is 0.0358. The first kappa shape index (κ1) is 12.2. The Morgan fingerprint density at radius 3 is 2.67 bits per heavy atom. The molecule has 0 saturated heterocycles. The normalized spacial score (nSPS) is 12.3. The van der Waals surface area contributed by atoms with Crippen LogP contribution in [0, 0.1) is 16.7 Å². The molecule has 0 aliphatic heterocycles. The van der Waals surface area contributed by atoms with E-state index >= 15 is 0 Å². The first-order valence-corrected chi connectivity index (χ1v) is 7.08. The van der Waals surface area contributed by atoms with Crippen LogP contribution in [0.5, 0.6) is 0 Å². The fraction of sp³-hybridized carbons (Fsp3) is 0.500. The van der Waals surface area contributed by atoms with Crippen LogP contribution in [0.2, 0.25) is 0 Å². The number of sulfone groups is 1. The van der Waals surface area contributed by atoms with Crippen molar-refractivity contribution in [1.29, 1.82) is 5.26 Å². The second-order valence-corrected chi connectivity index (χ2v) is 7.28. The van der Waals surface area contributed by atoms with Gasteiger partial charge >= 0.3 is 0 Å². The standard InChI is InChI=1S/C10H13NO2S2/c1-10(2,8-11)5-7-15(12,13)9-4-3-6-14-9/h3-4,6H,5,7H2,1-2H3. The van der Waals surface area contributed by atoms with Crippen LogP contribution in [0.4, 0.5) is 0 Å². The molecule has 1 aromatic rings. The summed E-state index contributed by atoms with van der Waals surface area (Å²) in [6.45, 7) is 3.49. The van der Waals surface area contributed by atoms with Gasteiger partial charge in [0.05, 0.1) is 17.2 Å². The van der Waals surface area contributed by atoms with E-state index in [4.69, 9.17) is 5.26 Å². The van der Waals surface area contributed by atoms with Crippen molar-refractivity contribution in [2.24, 2.45) is 5.41 Å². The van der Waals surface area contributed by atoms with E-state index in [1.54, 1.807) is 31.4 Å². The molecule has 3 nitrogen and oxygen atoms in total. The lowest BCUT2D eigenvalue weighted by atomic mass is 9.93. The molecule has 0 radical (unpaired) electrons. The average Bonchev–Trinajstić information content (AvgIpc) is 2.69. The zero-order valence-electron chi connectivity index (χ0n) is 8.73. The molecule has 0 aromatic carbocycles. The van der Waals surface area contributed by atoms with Gasteiger partial charge in [-0.15, -0.1) is 11.3 Å². The fourth-order valence-corrected chi connectivity index (χ4v) is 3.70. The molecule has 0 unspecified atom stereocenters. The zero-order chi connectivity index (χ0) is 11.5. The van der Waals surface area contributed by atoms with E-state index in [1.807, 2.05) is 0 Å². The molecule has 0 amide bonds. The Balaban J connectivity index is 2.73. The molecule has 15 heavy (non-hydrogen) atoms. The van der Waals surface area contributed by atoms with Crippen LogP contribution in [-0.4, -0.2) is 14.2 Å². The maximum Gasteiger partial charge on any atom is 0.187 e. The third-order valence-electron chi connectivity index (χ3n) is 2.10. The smallest absolute Gasteiger partial charge is 0.187 e. The quantitative estimate of drug-likeness (QED) is 0.816. The maximum atomic E-state index is 11.8. The SMILES string of the molecule is CC(C)(C#N)CCS(=O)(=O)c1cccs1. The Kier molecular flexibility index (Phi) is 3.53. The number of nitrogens with zero attached hydrogens (tertiary/aromatic N) is 1. The van der Waals surface area contributed by atoms with Crippen LogP contribution in [0.1, 0.15) is 20.3 Å². The van der Waals surface area contributed by atoms with Gasteiger partial charge in [0.25, 0.3) is 0 Å². The maximum absolute atomic E-state index is 11.8. The van der Waals surface area contributed by atoms with Gasteiger partial charge in [0.2, 0.25) is 0 Å². The lowest BCUT2D eigenvalue weighted by molar-refractivity contribution is 0.473. The number of thiophene rings is 1. The third kappa shape index (κ3) is 3.33. The Bertz CT molecular complexity index is 452.